The molecule has 0 saturated carbocycles. The first-order valence-corrected chi connectivity index (χ1v) is 5.88. The first kappa shape index (κ1) is 13.5. The van der Waals surface area contributed by atoms with E-state index in [4.69, 9.17) is 10.4 Å². The van der Waals surface area contributed by atoms with Crippen LogP contribution in [-0.4, -0.2) is 25.8 Å². The Hall–Kier alpha value is -2.88. The van der Waals surface area contributed by atoms with Gasteiger partial charge in [0.2, 0.25) is 0 Å². The number of nitriles is 1. The number of rotatable bonds is 4. The van der Waals surface area contributed by atoms with Gasteiger partial charge in [-0.2, -0.15) is 10.4 Å². The lowest BCUT2D eigenvalue weighted by Gasteiger charge is -2.07. The normalized spacial score (nSPS) is 10.1. The van der Waals surface area contributed by atoms with Crippen molar-refractivity contribution < 1.29 is 9.90 Å². The van der Waals surface area contributed by atoms with Gasteiger partial charge in [0.05, 0.1) is 23.5 Å². The highest BCUT2D eigenvalue weighted by Gasteiger charge is 2.12. The van der Waals surface area contributed by atoms with E-state index in [0.717, 1.165) is 0 Å². The minimum Gasteiger partial charge on any atom is -0.478 e. The molecule has 0 fully saturated rings. The van der Waals surface area contributed by atoms with Crippen molar-refractivity contribution in [2.45, 2.75) is 13.5 Å². The summed E-state index contributed by atoms with van der Waals surface area (Å²) in [7, 11) is 1.73. The van der Waals surface area contributed by atoms with E-state index in [1.807, 2.05) is 0 Å². The van der Waals surface area contributed by atoms with Crippen LogP contribution in [0.2, 0.25) is 0 Å². The maximum Gasteiger partial charge on any atom is 0.335 e. The molecule has 2 aromatic heterocycles. The van der Waals surface area contributed by atoms with Crippen molar-refractivity contribution in [1.82, 2.24) is 14.8 Å². The third-order valence-corrected chi connectivity index (χ3v) is 2.83. The van der Waals surface area contributed by atoms with Crippen LogP contribution >= 0.6 is 0 Å². The lowest BCUT2D eigenvalue weighted by molar-refractivity contribution is 0.0696. The molecule has 0 spiro atoms. The Labute approximate surface area is 115 Å². The van der Waals surface area contributed by atoms with Crippen LogP contribution < -0.4 is 5.32 Å². The highest BCUT2D eigenvalue weighted by Crippen LogP contribution is 2.18. The molecule has 2 aromatic rings. The van der Waals surface area contributed by atoms with Crippen LogP contribution in [0.15, 0.2) is 18.3 Å². The fraction of sp³-hybridized carbons (Fsp3) is 0.231. The average molecular weight is 271 g/mol. The van der Waals surface area contributed by atoms with Crippen LogP contribution in [0.25, 0.3) is 0 Å². The van der Waals surface area contributed by atoms with Gasteiger partial charge in [0, 0.05) is 13.2 Å². The summed E-state index contributed by atoms with van der Waals surface area (Å²) in [5.41, 5.74) is 1.87. The van der Waals surface area contributed by atoms with Crippen LogP contribution in [0.5, 0.6) is 0 Å². The molecule has 2 N–H and O–H groups in total. The first-order valence-electron chi connectivity index (χ1n) is 5.88. The molecule has 102 valence electrons. The summed E-state index contributed by atoms with van der Waals surface area (Å²) in [6.07, 6.45) is 1.44. The molecule has 0 atom stereocenters. The van der Waals surface area contributed by atoms with E-state index in [-0.39, 0.29) is 5.56 Å². The molecule has 0 bridgehead atoms. The summed E-state index contributed by atoms with van der Waals surface area (Å²) in [5, 5.41) is 25.2. The SMILES string of the molecule is Cc1nn(C)c(NCc2cc(C(=O)O)ccn2)c1C#N. The molecular formula is C13H13N5O2. The van der Waals surface area contributed by atoms with Gasteiger partial charge in [-0.15, -0.1) is 0 Å². The number of aromatic carboxylic acids is 1. The van der Waals surface area contributed by atoms with Crippen LogP contribution in [0.3, 0.4) is 0 Å². The number of nitrogens with zero attached hydrogens (tertiary/aromatic N) is 4. The molecule has 20 heavy (non-hydrogen) atoms. The maximum atomic E-state index is 10.9. The van der Waals surface area contributed by atoms with Gasteiger partial charge in [-0.25, -0.2) is 4.79 Å². The molecule has 0 saturated heterocycles. The Morgan fingerprint density at radius 3 is 3.00 bits per heavy atom. The molecule has 7 heteroatoms. The van der Waals surface area contributed by atoms with Crippen LogP contribution in [0.4, 0.5) is 5.82 Å². The van der Waals surface area contributed by atoms with Crippen molar-refractivity contribution in [1.29, 1.82) is 5.26 Å². The molecule has 0 amide bonds. The van der Waals surface area contributed by atoms with Gasteiger partial charge < -0.3 is 10.4 Å². The van der Waals surface area contributed by atoms with E-state index < -0.39 is 5.97 Å². The molecule has 0 aliphatic heterocycles. The van der Waals surface area contributed by atoms with E-state index in [0.29, 0.717) is 29.3 Å². The zero-order valence-electron chi connectivity index (χ0n) is 11.1. The second-order valence-corrected chi connectivity index (χ2v) is 4.24. The van der Waals surface area contributed by atoms with Crippen LogP contribution in [-0.2, 0) is 13.6 Å². The molecule has 0 aliphatic carbocycles. The van der Waals surface area contributed by atoms with E-state index in [2.05, 4.69) is 21.5 Å². The highest BCUT2D eigenvalue weighted by atomic mass is 16.4. The number of hydrogen-bond donors (Lipinski definition) is 2. The topological polar surface area (TPSA) is 104 Å². The Bertz CT molecular complexity index is 699. The fourth-order valence-electron chi connectivity index (χ4n) is 1.88. The minimum absolute atomic E-state index is 0.179. The lowest BCUT2D eigenvalue weighted by Crippen LogP contribution is -2.08. The molecule has 7 nitrogen and oxygen atoms in total. The largest absolute Gasteiger partial charge is 0.478 e. The Morgan fingerprint density at radius 1 is 1.60 bits per heavy atom. The predicted molar refractivity (Wildman–Crippen MR) is 71.2 cm³/mol. The minimum atomic E-state index is -0.997. The summed E-state index contributed by atoms with van der Waals surface area (Å²) < 4.78 is 1.58. The van der Waals surface area contributed by atoms with E-state index in [1.54, 1.807) is 18.7 Å². The van der Waals surface area contributed by atoms with E-state index in [1.165, 1.54) is 18.3 Å². The first-order chi connectivity index (χ1) is 9.52. The zero-order chi connectivity index (χ0) is 14.7. The second kappa shape index (κ2) is 5.40. The standard InChI is InChI=1S/C13H13N5O2/c1-8-11(6-14)12(18(2)17-8)16-7-10-5-9(13(19)20)3-4-15-10/h3-5,16H,7H2,1-2H3,(H,19,20). The number of nitrogens with one attached hydrogen (secondary N) is 1. The summed E-state index contributed by atoms with van der Waals surface area (Å²) in [6, 6.07) is 5.01. The Kier molecular flexibility index (Phi) is 3.66. The average Bonchev–Trinajstić information content (AvgIpc) is 2.70. The highest BCUT2D eigenvalue weighted by molar-refractivity contribution is 5.87. The second-order valence-electron chi connectivity index (χ2n) is 4.24. The Morgan fingerprint density at radius 2 is 2.35 bits per heavy atom. The van der Waals surface area contributed by atoms with E-state index >= 15 is 0 Å². The summed E-state index contributed by atoms with van der Waals surface area (Å²) >= 11 is 0. The third-order valence-electron chi connectivity index (χ3n) is 2.83. The molecule has 0 radical (unpaired) electrons. The maximum absolute atomic E-state index is 10.9. The van der Waals surface area contributed by atoms with Crippen molar-refractivity contribution >= 4 is 11.8 Å². The predicted octanol–water partition coefficient (Wildman–Crippen LogP) is 1.31. The number of carboxylic acid groups (broad SMARTS) is 1. The lowest BCUT2D eigenvalue weighted by atomic mass is 10.2. The molecule has 2 heterocycles. The van der Waals surface area contributed by atoms with Gasteiger partial charge in [-0.1, -0.05) is 0 Å². The van der Waals surface area contributed by atoms with Gasteiger partial charge in [0.15, 0.2) is 0 Å². The van der Waals surface area contributed by atoms with Gasteiger partial charge in [-0.3, -0.25) is 9.67 Å². The van der Waals surface area contributed by atoms with E-state index in [9.17, 15) is 4.79 Å². The molecule has 0 unspecified atom stereocenters. The Balaban J connectivity index is 2.19. The zero-order valence-corrected chi connectivity index (χ0v) is 11.1. The van der Waals surface area contributed by atoms with Crippen LogP contribution in [0.1, 0.15) is 27.3 Å². The van der Waals surface area contributed by atoms with Crippen molar-refractivity contribution in [3.8, 4) is 6.07 Å². The number of aryl methyl sites for hydroxylation is 2. The monoisotopic (exact) mass is 271 g/mol. The summed E-state index contributed by atoms with van der Waals surface area (Å²) in [6.45, 7) is 2.07. The smallest absolute Gasteiger partial charge is 0.335 e. The number of carbonyl (C=O) groups is 1. The van der Waals surface area contributed by atoms with Gasteiger partial charge in [0.1, 0.15) is 17.5 Å². The third kappa shape index (κ3) is 2.59. The molecular weight excluding hydrogens is 258 g/mol. The number of aromatic nitrogens is 3. The molecule has 0 aliphatic rings. The van der Waals surface area contributed by atoms with Gasteiger partial charge in [-0.05, 0) is 19.1 Å². The summed E-state index contributed by atoms with van der Waals surface area (Å²) in [5.74, 6) is -0.407. The summed E-state index contributed by atoms with van der Waals surface area (Å²) in [4.78, 5) is 15.0. The van der Waals surface area contributed by atoms with Crippen LogP contribution in [0, 0.1) is 18.3 Å². The van der Waals surface area contributed by atoms with Crippen molar-refractivity contribution in [2.75, 3.05) is 5.32 Å². The number of anilines is 1. The molecule has 2 rings (SSSR count). The van der Waals surface area contributed by atoms with Crippen molar-refractivity contribution in [3.05, 3.63) is 40.8 Å². The fourth-order valence-corrected chi connectivity index (χ4v) is 1.88. The van der Waals surface area contributed by atoms with Gasteiger partial charge >= 0.3 is 5.97 Å². The number of carboxylic acids is 1. The number of pyridine rings is 1. The van der Waals surface area contributed by atoms with Gasteiger partial charge in [0.25, 0.3) is 0 Å². The van der Waals surface area contributed by atoms with Crippen molar-refractivity contribution in [2.24, 2.45) is 7.05 Å². The number of hydrogen-bond acceptors (Lipinski definition) is 5. The molecule has 0 aromatic carbocycles. The quantitative estimate of drug-likeness (QED) is 0.868. The van der Waals surface area contributed by atoms with Crippen molar-refractivity contribution in [3.63, 3.8) is 0 Å².